The molecular weight excluding hydrogens is 244 g/mol. The third kappa shape index (κ3) is 2.27. The van der Waals surface area contributed by atoms with Gasteiger partial charge in [0.1, 0.15) is 0 Å². The van der Waals surface area contributed by atoms with E-state index in [1.807, 2.05) is 13.0 Å². The van der Waals surface area contributed by atoms with E-state index in [1.54, 1.807) is 11.8 Å². The largest absolute Gasteiger partial charge is 0.324 e. The molecule has 0 bridgehead atoms. The summed E-state index contributed by atoms with van der Waals surface area (Å²) in [6.45, 7) is 3.07. The van der Waals surface area contributed by atoms with Crippen LogP contribution in [0.3, 0.4) is 0 Å². The number of anilines is 1. The zero-order valence-electron chi connectivity index (χ0n) is 10.5. The van der Waals surface area contributed by atoms with Crippen LogP contribution in [0.4, 0.5) is 5.69 Å². The van der Waals surface area contributed by atoms with Crippen molar-refractivity contribution in [3.05, 3.63) is 23.8 Å². The fraction of sp³-hybridized carbons (Fsp3) is 0.500. The highest BCUT2D eigenvalue weighted by atomic mass is 32.2. The lowest BCUT2D eigenvalue weighted by Crippen LogP contribution is -2.28. The molecule has 18 heavy (non-hydrogen) atoms. The zero-order valence-corrected chi connectivity index (χ0v) is 11.3. The molecule has 4 heteroatoms. The Balaban J connectivity index is 1.86. The summed E-state index contributed by atoms with van der Waals surface area (Å²) >= 11 is 1.66. The van der Waals surface area contributed by atoms with Gasteiger partial charge in [-0.1, -0.05) is 12.5 Å². The van der Waals surface area contributed by atoms with Crippen LogP contribution in [-0.4, -0.2) is 17.7 Å². The lowest BCUT2D eigenvalue weighted by Gasteiger charge is -2.26. The first-order valence-corrected chi connectivity index (χ1v) is 7.47. The molecule has 0 aromatic heterocycles. The van der Waals surface area contributed by atoms with Crippen molar-refractivity contribution in [1.82, 2.24) is 5.32 Å². The van der Waals surface area contributed by atoms with Crippen molar-refractivity contribution >= 4 is 23.4 Å². The first-order valence-electron chi connectivity index (χ1n) is 6.59. The number of carbonyl (C=O) groups excluding carboxylic acids is 1. The number of benzene rings is 1. The summed E-state index contributed by atoms with van der Waals surface area (Å²) in [5.41, 5.74) is 2.31. The Hall–Kier alpha value is -1.00. The molecular formula is C14H18N2OS. The Bertz CT molecular complexity index is 469. The van der Waals surface area contributed by atoms with E-state index in [0.717, 1.165) is 12.2 Å². The Morgan fingerprint density at radius 3 is 3.00 bits per heavy atom. The molecule has 2 aliphatic rings. The first-order chi connectivity index (χ1) is 8.74. The summed E-state index contributed by atoms with van der Waals surface area (Å²) in [6, 6.07) is 6.90. The van der Waals surface area contributed by atoms with Crippen LogP contribution < -0.4 is 10.6 Å². The summed E-state index contributed by atoms with van der Waals surface area (Å²) in [5, 5.41) is 6.53. The molecule has 2 atom stereocenters. The maximum Gasteiger partial charge on any atom is 0.237 e. The minimum atomic E-state index is 0.00654. The Kier molecular flexibility index (Phi) is 3.31. The molecule has 1 saturated heterocycles. The molecule has 2 heterocycles. The van der Waals surface area contributed by atoms with Gasteiger partial charge in [-0.3, -0.25) is 4.79 Å². The van der Waals surface area contributed by atoms with E-state index in [4.69, 9.17) is 0 Å². The SMILES string of the molecule is CC1Sc2cc(C3CCCCN3)ccc2NC1=O. The smallest absolute Gasteiger partial charge is 0.237 e. The molecule has 3 rings (SSSR count). The van der Waals surface area contributed by atoms with E-state index in [0.29, 0.717) is 6.04 Å². The van der Waals surface area contributed by atoms with Gasteiger partial charge in [0.25, 0.3) is 0 Å². The molecule has 96 valence electrons. The summed E-state index contributed by atoms with van der Waals surface area (Å²) in [6.07, 6.45) is 3.80. The third-order valence-electron chi connectivity index (χ3n) is 3.65. The predicted octanol–water partition coefficient (Wildman–Crippen LogP) is 2.93. The van der Waals surface area contributed by atoms with Gasteiger partial charge in [-0.15, -0.1) is 11.8 Å². The van der Waals surface area contributed by atoms with Crippen LogP contribution in [0, 0.1) is 0 Å². The number of fused-ring (bicyclic) bond motifs is 1. The number of rotatable bonds is 1. The number of amides is 1. The van der Waals surface area contributed by atoms with E-state index in [9.17, 15) is 4.79 Å². The second-order valence-electron chi connectivity index (χ2n) is 5.01. The van der Waals surface area contributed by atoms with Crippen LogP contribution in [0.1, 0.15) is 37.8 Å². The van der Waals surface area contributed by atoms with E-state index >= 15 is 0 Å². The van der Waals surface area contributed by atoms with Gasteiger partial charge < -0.3 is 10.6 Å². The molecule has 0 aliphatic carbocycles. The highest BCUT2D eigenvalue weighted by molar-refractivity contribution is 8.00. The minimum Gasteiger partial charge on any atom is -0.324 e. The van der Waals surface area contributed by atoms with Crippen LogP contribution in [-0.2, 0) is 4.79 Å². The number of piperidine rings is 1. The van der Waals surface area contributed by atoms with Crippen LogP contribution in [0.5, 0.6) is 0 Å². The van der Waals surface area contributed by atoms with Gasteiger partial charge in [0.2, 0.25) is 5.91 Å². The molecule has 1 amide bonds. The normalized spacial score (nSPS) is 27.5. The Morgan fingerprint density at radius 1 is 1.33 bits per heavy atom. The van der Waals surface area contributed by atoms with Crippen LogP contribution >= 0.6 is 11.8 Å². The standard InChI is InChI=1S/C14H18N2OS/c1-9-14(17)16-12-6-5-10(8-13(12)18-9)11-4-2-3-7-15-11/h5-6,8-9,11,15H,2-4,7H2,1H3,(H,16,17). The quantitative estimate of drug-likeness (QED) is 0.817. The highest BCUT2D eigenvalue weighted by Gasteiger charge is 2.24. The van der Waals surface area contributed by atoms with Gasteiger partial charge in [-0.05, 0) is 44.0 Å². The Morgan fingerprint density at radius 2 is 2.22 bits per heavy atom. The summed E-state index contributed by atoms with van der Waals surface area (Å²) in [5.74, 6) is 0.107. The molecule has 1 aromatic carbocycles. The lowest BCUT2D eigenvalue weighted by atomic mass is 9.97. The minimum absolute atomic E-state index is 0.00654. The maximum absolute atomic E-state index is 11.6. The van der Waals surface area contributed by atoms with Gasteiger partial charge in [-0.25, -0.2) is 0 Å². The molecule has 0 saturated carbocycles. The average Bonchev–Trinajstić information content (AvgIpc) is 2.41. The number of hydrogen-bond donors (Lipinski definition) is 2. The van der Waals surface area contributed by atoms with E-state index in [1.165, 1.54) is 29.7 Å². The monoisotopic (exact) mass is 262 g/mol. The van der Waals surface area contributed by atoms with Gasteiger partial charge in [0.05, 0.1) is 10.9 Å². The predicted molar refractivity (Wildman–Crippen MR) is 75.0 cm³/mol. The van der Waals surface area contributed by atoms with Crippen molar-refractivity contribution in [1.29, 1.82) is 0 Å². The van der Waals surface area contributed by atoms with Crippen molar-refractivity contribution in [2.75, 3.05) is 11.9 Å². The van der Waals surface area contributed by atoms with Crippen LogP contribution in [0.2, 0.25) is 0 Å². The Labute approximate surface area is 112 Å². The number of thioether (sulfide) groups is 1. The van der Waals surface area contributed by atoms with Gasteiger partial charge in [0.15, 0.2) is 0 Å². The second-order valence-corrected chi connectivity index (χ2v) is 6.39. The lowest BCUT2D eigenvalue weighted by molar-refractivity contribution is -0.115. The van der Waals surface area contributed by atoms with Gasteiger partial charge in [-0.2, -0.15) is 0 Å². The molecule has 1 aromatic rings. The van der Waals surface area contributed by atoms with Crippen molar-refractivity contribution in [2.24, 2.45) is 0 Å². The van der Waals surface area contributed by atoms with E-state index in [2.05, 4.69) is 22.8 Å². The second kappa shape index (κ2) is 4.94. The van der Waals surface area contributed by atoms with Crippen molar-refractivity contribution in [3.63, 3.8) is 0 Å². The topological polar surface area (TPSA) is 41.1 Å². The van der Waals surface area contributed by atoms with Crippen LogP contribution in [0.25, 0.3) is 0 Å². The van der Waals surface area contributed by atoms with E-state index < -0.39 is 0 Å². The van der Waals surface area contributed by atoms with Crippen molar-refractivity contribution in [3.8, 4) is 0 Å². The number of nitrogens with one attached hydrogen (secondary N) is 2. The molecule has 2 N–H and O–H groups in total. The third-order valence-corrected chi connectivity index (χ3v) is 4.81. The average molecular weight is 262 g/mol. The molecule has 2 unspecified atom stereocenters. The summed E-state index contributed by atoms with van der Waals surface area (Å²) in [7, 11) is 0. The molecule has 0 radical (unpaired) electrons. The van der Waals surface area contributed by atoms with Gasteiger partial charge in [0, 0.05) is 10.9 Å². The molecule has 2 aliphatic heterocycles. The first kappa shape index (κ1) is 12.1. The molecule has 0 spiro atoms. The van der Waals surface area contributed by atoms with E-state index in [-0.39, 0.29) is 11.2 Å². The molecule has 3 nitrogen and oxygen atoms in total. The molecule has 1 fully saturated rings. The summed E-state index contributed by atoms with van der Waals surface area (Å²) in [4.78, 5) is 12.8. The van der Waals surface area contributed by atoms with Crippen LogP contribution in [0.15, 0.2) is 23.1 Å². The maximum atomic E-state index is 11.6. The van der Waals surface area contributed by atoms with Crippen molar-refractivity contribution < 1.29 is 4.79 Å². The van der Waals surface area contributed by atoms with Crippen molar-refractivity contribution in [2.45, 2.75) is 42.4 Å². The number of hydrogen-bond acceptors (Lipinski definition) is 3. The number of carbonyl (C=O) groups is 1. The highest BCUT2D eigenvalue weighted by Crippen LogP contribution is 2.37. The summed E-state index contributed by atoms with van der Waals surface area (Å²) < 4.78 is 0. The van der Waals surface area contributed by atoms with Gasteiger partial charge >= 0.3 is 0 Å². The fourth-order valence-corrected chi connectivity index (χ4v) is 3.57. The zero-order chi connectivity index (χ0) is 12.5. The fourth-order valence-electron chi connectivity index (χ4n) is 2.57.